The number of hydrogen-bond donors (Lipinski definition) is 2. The second-order valence-electron chi connectivity index (χ2n) is 4.80. The van der Waals surface area contributed by atoms with Gasteiger partial charge in [-0.3, -0.25) is 0 Å². The van der Waals surface area contributed by atoms with E-state index in [1.807, 2.05) is 24.3 Å². The molecule has 0 aromatic heterocycles. The van der Waals surface area contributed by atoms with Crippen molar-refractivity contribution < 1.29 is 13.2 Å². The molecule has 0 aliphatic carbocycles. The van der Waals surface area contributed by atoms with E-state index in [1.165, 1.54) is 0 Å². The minimum Gasteiger partial charge on any atom is -0.495 e. The van der Waals surface area contributed by atoms with Crippen LogP contribution < -0.4 is 15.4 Å². The molecule has 1 atom stereocenters. The van der Waals surface area contributed by atoms with E-state index in [0.717, 1.165) is 5.69 Å². The van der Waals surface area contributed by atoms with Crippen LogP contribution in [0.4, 0.5) is 5.69 Å². The number of rotatable bonds is 4. The van der Waals surface area contributed by atoms with Crippen LogP contribution in [0.2, 0.25) is 0 Å². The highest BCUT2D eigenvalue weighted by atomic mass is 32.2. The lowest BCUT2D eigenvalue weighted by Crippen LogP contribution is -2.33. The SMILES string of the molecule is COc1ccccc1NC(=S)NCC1CCS(=O)(=O)C1. The van der Waals surface area contributed by atoms with E-state index < -0.39 is 9.84 Å². The first-order valence-corrected chi connectivity index (χ1v) is 8.61. The Hall–Kier alpha value is -1.34. The molecule has 2 rings (SSSR count). The van der Waals surface area contributed by atoms with Gasteiger partial charge in [-0.25, -0.2) is 8.42 Å². The standard InChI is InChI=1S/C13H18N2O3S2/c1-18-12-5-3-2-4-11(12)15-13(19)14-8-10-6-7-20(16,17)9-10/h2-5,10H,6-9H2,1H3,(H2,14,15,19). The summed E-state index contributed by atoms with van der Waals surface area (Å²) >= 11 is 5.21. The Morgan fingerprint density at radius 3 is 2.85 bits per heavy atom. The van der Waals surface area contributed by atoms with E-state index in [-0.39, 0.29) is 17.4 Å². The van der Waals surface area contributed by atoms with Gasteiger partial charge in [-0.1, -0.05) is 12.1 Å². The smallest absolute Gasteiger partial charge is 0.170 e. The van der Waals surface area contributed by atoms with Gasteiger partial charge in [0.05, 0.1) is 24.3 Å². The summed E-state index contributed by atoms with van der Waals surface area (Å²) in [5.41, 5.74) is 0.784. The Labute approximate surface area is 124 Å². The molecule has 1 heterocycles. The highest BCUT2D eigenvalue weighted by Crippen LogP contribution is 2.23. The summed E-state index contributed by atoms with van der Waals surface area (Å²) in [6.07, 6.45) is 0.701. The average Bonchev–Trinajstić information content (AvgIpc) is 2.77. The molecule has 7 heteroatoms. The lowest BCUT2D eigenvalue weighted by Gasteiger charge is -2.15. The van der Waals surface area contributed by atoms with Gasteiger partial charge in [-0.15, -0.1) is 0 Å². The molecule has 0 radical (unpaired) electrons. The van der Waals surface area contributed by atoms with Crippen molar-refractivity contribution >= 4 is 32.9 Å². The number of anilines is 1. The van der Waals surface area contributed by atoms with Gasteiger partial charge in [0.1, 0.15) is 5.75 Å². The normalized spacial score (nSPS) is 20.4. The first kappa shape index (κ1) is 15.1. The van der Waals surface area contributed by atoms with Gasteiger partial charge in [0, 0.05) is 6.54 Å². The van der Waals surface area contributed by atoms with Crippen LogP contribution in [0.25, 0.3) is 0 Å². The molecular formula is C13H18N2O3S2. The number of thiocarbonyl (C=S) groups is 1. The minimum absolute atomic E-state index is 0.136. The molecule has 1 fully saturated rings. The summed E-state index contributed by atoms with van der Waals surface area (Å²) in [7, 11) is -1.24. The van der Waals surface area contributed by atoms with Crippen LogP contribution in [-0.4, -0.2) is 38.7 Å². The Morgan fingerprint density at radius 1 is 1.45 bits per heavy atom. The van der Waals surface area contributed by atoms with Crippen LogP contribution in [0.1, 0.15) is 6.42 Å². The molecule has 0 amide bonds. The summed E-state index contributed by atoms with van der Waals surface area (Å²) < 4.78 is 28.0. The monoisotopic (exact) mass is 314 g/mol. The molecule has 1 aliphatic heterocycles. The summed E-state index contributed by atoms with van der Waals surface area (Å²) in [6, 6.07) is 7.47. The second kappa shape index (κ2) is 6.41. The first-order chi connectivity index (χ1) is 9.50. The number of sulfone groups is 1. The molecule has 20 heavy (non-hydrogen) atoms. The molecule has 1 unspecified atom stereocenters. The van der Waals surface area contributed by atoms with Crippen molar-refractivity contribution in [3.8, 4) is 5.75 Å². The van der Waals surface area contributed by atoms with Crippen LogP contribution in [0.3, 0.4) is 0 Å². The fourth-order valence-electron chi connectivity index (χ4n) is 2.18. The van der Waals surface area contributed by atoms with Crippen LogP contribution in [0.15, 0.2) is 24.3 Å². The molecule has 1 aliphatic rings. The second-order valence-corrected chi connectivity index (χ2v) is 7.44. The number of hydrogen-bond acceptors (Lipinski definition) is 4. The fourth-order valence-corrected chi connectivity index (χ4v) is 4.24. The van der Waals surface area contributed by atoms with Gasteiger partial charge >= 0.3 is 0 Å². The van der Waals surface area contributed by atoms with E-state index in [2.05, 4.69) is 10.6 Å². The van der Waals surface area contributed by atoms with Crippen molar-refractivity contribution in [2.45, 2.75) is 6.42 Å². The Bertz CT molecular complexity index is 587. The number of ether oxygens (including phenoxy) is 1. The van der Waals surface area contributed by atoms with Gasteiger partial charge < -0.3 is 15.4 Å². The zero-order valence-corrected chi connectivity index (χ0v) is 12.9. The van der Waals surface area contributed by atoms with Crippen molar-refractivity contribution in [1.82, 2.24) is 5.32 Å². The summed E-state index contributed by atoms with van der Waals surface area (Å²) in [5.74, 6) is 1.38. The highest BCUT2D eigenvalue weighted by molar-refractivity contribution is 7.91. The van der Waals surface area contributed by atoms with Crippen molar-refractivity contribution in [3.05, 3.63) is 24.3 Å². The lowest BCUT2D eigenvalue weighted by atomic mass is 10.1. The van der Waals surface area contributed by atoms with E-state index >= 15 is 0 Å². The van der Waals surface area contributed by atoms with Crippen LogP contribution in [0, 0.1) is 5.92 Å². The largest absolute Gasteiger partial charge is 0.495 e. The fraction of sp³-hybridized carbons (Fsp3) is 0.462. The molecule has 5 nitrogen and oxygen atoms in total. The molecule has 1 aromatic carbocycles. The van der Waals surface area contributed by atoms with Gasteiger partial charge in [-0.05, 0) is 36.7 Å². The number of benzene rings is 1. The van der Waals surface area contributed by atoms with E-state index in [9.17, 15) is 8.42 Å². The highest BCUT2D eigenvalue weighted by Gasteiger charge is 2.27. The third kappa shape index (κ3) is 4.08. The summed E-state index contributed by atoms with van der Waals surface area (Å²) in [4.78, 5) is 0. The maximum Gasteiger partial charge on any atom is 0.170 e. The average molecular weight is 314 g/mol. The lowest BCUT2D eigenvalue weighted by molar-refractivity contribution is 0.417. The predicted molar refractivity (Wildman–Crippen MR) is 84.0 cm³/mol. The quantitative estimate of drug-likeness (QED) is 0.819. The van der Waals surface area contributed by atoms with Crippen LogP contribution in [-0.2, 0) is 9.84 Å². The van der Waals surface area contributed by atoms with Crippen molar-refractivity contribution in [2.75, 3.05) is 30.5 Å². The van der Waals surface area contributed by atoms with Gasteiger partial charge in [-0.2, -0.15) is 0 Å². The summed E-state index contributed by atoms with van der Waals surface area (Å²) in [5, 5.41) is 6.59. The van der Waals surface area contributed by atoms with Crippen LogP contribution >= 0.6 is 12.2 Å². The summed E-state index contributed by atoms with van der Waals surface area (Å²) in [6.45, 7) is 0.570. The predicted octanol–water partition coefficient (Wildman–Crippen LogP) is 1.42. The number of methoxy groups -OCH3 is 1. The Balaban J connectivity index is 1.84. The molecule has 110 valence electrons. The van der Waals surface area contributed by atoms with Gasteiger partial charge in [0.2, 0.25) is 0 Å². The third-order valence-corrected chi connectivity index (χ3v) is 5.32. The number of para-hydroxylation sites is 2. The molecule has 0 saturated carbocycles. The van der Waals surface area contributed by atoms with Crippen molar-refractivity contribution in [1.29, 1.82) is 0 Å². The first-order valence-electron chi connectivity index (χ1n) is 6.38. The zero-order valence-electron chi connectivity index (χ0n) is 11.3. The van der Waals surface area contributed by atoms with Gasteiger partial charge in [0.25, 0.3) is 0 Å². The topological polar surface area (TPSA) is 67.4 Å². The zero-order chi connectivity index (χ0) is 14.6. The third-order valence-electron chi connectivity index (χ3n) is 3.23. The number of nitrogens with one attached hydrogen (secondary N) is 2. The Kier molecular flexibility index (Phi) is 4.82. The molecular weight excluding hydrogens is 296 g/mol. The van der Waals surface area contributed by atoms with Gasteiger partial charge in [0.15, 0.2) is 14.9 Å². The van der Waals surface area contributed by atoms with Crippen molar-refractivity contribution in [3.63, 3.8) is 0 Å². The molecule has 1 saturated heterocycles. The molecule has 0 bridgehead atoms. The van der Waals surface area contributed by atoms with Crippen LogP contribution in [0.5, 0.6) is 5.75 Å². The minimum atomic E-state index is -2.84. The molecule has 0 spiro atoms. The molecule has 2 N–H and O–H groups in total. The van der Waals surface area contributed by atoms with E-state index in [4.69, 9.17) is 17.0 Å². The Morgan fingerprint density at radius 2 is 2.20 bits per heavy atom. The molecule has 1 aromatic rings. The van der Waals surface area contributed by atoms with Crippen molar-refractivity contribution in [2.24, 2.45) is 5.92 Å². The maximum atomic E-state index is 11.4. The maximum absolute atomic E-state index is 11.4. The van der Waals surface area contributed by atoms with E-state index in [0.29, 0.717) is 23.8 Å². The van der Waals surface area contributed by atoms with E-state index in [1.54, 1.807) is 7.11 Å².